The normalized spacial score (nSPS) is 13.5. The molecule has 0 saturated carbocycles. The van der Waals surface area contributed by atoms with E-state index >= 15 is 0 Å². The van der Waals surface area contributed by atoms with Crippen LogP contribution in [0, 0.1) is 5.92 Å². The summed E-state index contributed by atoms with van der Waals surface area (Å²) >= 11 is 0. The highest BCUT2D eigenvalue weighted by molar-refractivity contribution is 5.48. The van der Waals surface area contributed by atoms with Gasteiger partial charge in [0, 0.05) is 12.6 Å². The topological polar surface area (TPSA) is 12.0 Å². The van der Waals surface area contributed by atoms with Crippen LogP contribution in [0.5, 0.6) is 0 Å². The Kier molecular flexibility index (Phi) is 5.87. The van der Waals surface area contributed by atoms with E-state index in [-0.39, 0.29) is 0 Å². The lowest BCUT2D eigenvalue weighted by Crippen LogP contribution is -2.27. The van der Waals surface area contributed by atoms with Crippen molar-refractivity contribution in [3.8, 4) is 0 Å². The third-order valence-corrected chi connectivity index (χ3v) is 2.52. The van der Waals surface area contributed by atoms with Crippen molar-refractivity contribution >= 4 is 6.08 Å². The fourth-order valence-corrected chi connectivity index (χ4v) is 1.82. The molecule has 1 aromatic rings. The van der Waals surface area contributed by atoms with E-state index in [4.69, 9.17) is 0 Å². The van der Waals surface area contributed by atoms with Crippen molar-refractivity contribution in [2.75, 3.05) is 6.54 Å². The fourth-order valence-electron chi connectivity index (χ4n) is 1.82. The van der Waals surface area contributed by atoms with Crippen molar-refractivity contribution in [3.05, 3.63) is 42.0 Å². The summed E-state index contributed by atoms with van der Waals surface area (Å²) in [7, 11) is 0. The molecule has 0 bridgehead atoms. The van der Waals surface area contributed by atoms with Crippen LogP contribution in [-0.4, -0.2) is 12.6 Å². The molecule has 88 valence electrons. The zero-order chi connectivity index (χ0) is 11.8. The van der Waals surface area contributed by atoms with E-state index < -0.39 is 0 Å². The molecular formula is C15H23N. The first-order chi connectivity index (χ1) is 7.68. The second kappa shape index (κ2) is 7.24. The largest absolute Gasteiger partial charge is 0.311 e. The van der Waals surface area contributed by atoms with Gasteiger partial charge in [0.05, 0.1) is 0 Å². The highest BCUT2D eigenvalue weighted by atomic mass is 14.9. The fraction of sp³-hybridized carbons (Fsp3) is 0.467. The van der Waals surface area contributed by atoms with Crippen LogP contribution in [0.1, 0.15) is 32.8 Å². The molecule has 1 unspecified atom stereocenters. The number of benzene rings is 1. The Labute approximate surface area is 99.6 Å². The molecule has 0 aliphatic rings. The zero-order valence-corrected chi connectivity index (χ0v) is 10.6. The number of rotatable bonds is 6. The number of hydrogen-bond donors (Lipinski definition) is 1. The second-order valence-electron chi connectivity index (χ2n) is 4.75. The molecule has 0 fully saturated rings. The first-order valence-electron chi connectivity index (χ1n) is 6.13. The minimum atomic E-state index is 0.598. The molecular weight excluding hydrogens is 194 g/mol. The van der Waals surface area contributed by atoms with Crippen molar-refractivity contribution < 1.29 is 0 Å². The molecule has 0 saturated heterocycles. The average Bonchev–Trinajstić information content (AvgIpc) is 2.25. The molecule has 1 aromatic carbocycles. The zero-order valence-electron chi connectivity index (χ0n) is 10.6. The lowest BCUT2D eigenvalue weighted by molar-refractivity contribution is 0.458. The van der Waals surface area contributed by atoms with Crippen LogP contribution in [0.25, 0.3) is 6.08 Å². The minimum absolute atomic E-state index is 0.598. The number of nitrogens with one attached hydrogen (secondary N) is 1. The monoisotopic (exact) mass is 217 g/mol. The molecule has 0 aliphatic heterocycles. The summed E-state index contributed by atoms with van der Waals surface area (Å²) < 4.78 is 0. The van der Waals surface area contributed by atoms with Crippen molar-refractivity contribution in [3.63, 3.8) is 0 Å². The van der Waals surface area contributed by atoms with E-state index in [0.717, 1.165) is 12.5 Å². The minimum Gasteiger partial charge on any atom is -0.311 e. The lowest BCUT2D eigenvalue weighted by Gasteiger charge is -2.14. The van der Waals surface area contributed by atoms with Gasteiger partial charge in [-0.2, -0.15) is 0 Å². The van der Waals surface area contributed by atoms with E-state index in [9.17, 15) is 0 Å². The van der Waals surface area contributed by atoms with E-state index in [1.807, 2.05) is 6.07 Å². The molecule has 0 spiro atoms. The van der Waals surface area contributed by atoms with Gasteiger partial charge in [-0.25, -0.2) is 0 Å². The standard InChI is InChI=1S/C15H23N/c1-13(2)12-14(3)16-11-7-10-15-8-5-4-6-9-15/h4-10,13-14,16H,11-12H2,1-3H3/b10-7+. The van der Waals surface area contributed by atoms with E-state index in [1.165, 1.54) is 12.0 Å². The maximum atomic E-state index is 3.50. The molecule has 0 aliphatic carbocycles. The van der Waals surface area contributed by atoms with Gasteiger partial charge in [0.25, 0.3) is 0 Å². The van der Waals surface area contributed by atoms with Crippen LogP contribution in [0.4, 0.5) is 0 Å². The average molecular weight is 217 g/mol. The van der Waals surface area contributed by atoms with Crippen molar-refractivity contribution in [1.29, 1.82) is 0 Å². The summed E-state index contributed by atoms with van der Waals surface area (Å²) in [4.78, 5) is 0. The van der Waals surface area contributed by atoms with Crippen LogP contribution in [0.3, 0.4) is 0 Å². The first-order valence-corrected chi connectivity index (χ1v) is 6.13. The van der Waals surface area contributed by atoms with Gasteiger partial charge in [-0.05, 0) is 24.8 Å². The lowest BCUT2D eigenvalue weighted by atomic mass is 10.1. The predicted molar refractivity (Wildman–Crippen MR) is 72.4 cm³/mol. The molecule has 0 radical (unpaired) electrons. The van der Waals surface area contributed by atoms with Gasteiger partial charge in [0.2, 0.25) is 0 Å². The summed E-state index contributed by atoms with van der Waals surface area (Å²) in [5, 5.41) is 3.50. The van der Waals surface area contributed by atoms with E-state index in [2.05, 4.69) is 62.5 Å². The van der Waals surface area contributed by atoms with E-state index in [1.54, 1.807) is 0 Å². The van der Waals surface area contributed by atoms with Crippen molar-refractivity contribution in [2.24, 2.45) is 5.92 Å². The smallest absolute Gasteiger partial charge is 0.0140 e. The van der Waals surface area contributed by atoms with Gasteiger partial charge < -0.3 is 5.32 Å². The SMILES string of the molecule is CC(C)CC(C)NC/C=C/c1ccccc1. The highest BCUT2D eigenvalue weighted by Gasteiger charge is 2.01. The van der Waals surface area contributed by atoms with E-state index in [0.29, 0.717) is 6.04 Å². The Hall–Kier alpha value is -1.08. The van der Waals surface area contributed by atoms with Crippen molar-refractivity contribution in [1.82, 2.24) is 5.32 Å². The maximum Gasteiger partial charge on any atom is 0.0140 e. The number of hydrogen-bond acceptors (Lipinski definition) is 1. The summed E-state index contributed by atoms with van der Waals surface area (Å²) in [5.41, 5.74) is 1.26. The van der Waals surface area contributed by atoms with Gasteiger partial charge in [-0.3, -0.25) is 0 Å². The molecule has 0 amide bonds. The quantitative estimate of drug-likeness (QED) is 0.765. The molecule has 1 N–H and O–H groups in total. The van der Waals surface area contributed by atoms with Crippen molar-refractivity contribution in [2.45, 2.75) is 33.2 Å². The molecule has 0 aromatic heterocycles. The molecule has 1 heteroatoms. The second-order valence-corrected chi connectivity index (χ2v) is 4.75. The first kappa shape index (κ1) is 13.0. The summed E-state index contributed by atoms with van der Waals surface area (Å²) in [6.07, 6.45) is 5.58. The predicted octanol–water partition coefficient (Wildman–Crippen LogP) is 3.72. The Balaban J connectivity index is 2.23. The molecule has 1 nitrogen and oxygen atoms in total. The van der Waals surface area contributed by atoms with Gasteiger partial charge >= 0.3 is 0 Å². The van der Waals surface area contributed by atoms with Gasteiger partial charge in [0.15, 0.2) is 0 Å². The van der Waals surface area contributed by atoms with Crippen LogP contribution in [0.15, 0.2) is 36.4 Å². The van der Waals surface area contributed by atoms with Crippen LogP contribution in [0.2, 0.25) is 0 Å². The highest BCUT2D eigenvalue weighted by Crippen LogP contribution is 2.04. The molecule has 16 heavy (non-hydrogen) atoms. The van der Waals surface area contributed by atoms with Gasteiger partial charge in [-0.15, -0.1) is 0 Å². The van der Waals surface area contributed by atoms with Crippen LogP contribution < -0.4 is 5.32 Å². The molecule has 0 heterocycles. The van der Waals surface area contributed by atoms with Gasteiger partial charge in [0.1, 0.15) is 0 Å². The third kappa shape index (κ3) is 5.72. The Bertz CT molecular complexity index is 300. The van der Waals surface area contributed by atoms with Gasteiger partial charge in [-0.1, -0.05) is 56.3 Å². The summed E-state index contributed by atoms with van der Waals surface area (Å²) in [5.74, 6) is 0.764. The molecule has 1 rings (SSSR count). The van der Waals surface area contributed by atoms with Crippen LogP contribution >= 0.6 is 0 Å². The Morgan fingerprint density at radius 2 is 1.81 bits per heavy atom. The third-order valence-electron chi connectivity index (χ3n) is 2.52. The maximum absolute atomic E-state index is 3.50. The Morgan fingerprint density at radius 3 is 2.44 bits per heavy atom. The Morgan fingerprint density at radius 1 is 1.12 bits per heavy atom. The molecule has 1 atom stereocenters. The summed E-state index contributed by atoms with van der Waals surface area (Å²) in [6, 6.07) is 11.0. The summed E-state index contributed by atoms with van der Waals surface area (Å²) in [6.45, 7) is 7.72. The van der Waals surface area contributed by atoms with Crippen LogP contribution in [-0.2, 0) is 0 Å².